The largest absolute Gasteiger partial charge is 0.354 e. The van der Waals surface area contributed by atoms with Crippen LogP contribution in [0.5, 0.6) is 0 Å². The quantitative estimate of drug-likeness (QED) is 0.385. The Kier molecular flexibility index (Phi) is 9.66. The maximum Gasteiger partial charge on any atom is 0.191 e. The van der Waals surface area contributed by atoms with Crippen molar-refractivity contribution in [3.63, 3.8) is 0 Å². The second-order valence-corrected chi connectivity index (χ2v) is 8.51. The molecule has 1 aliphatic heterocycles. The van der Waals surface area contributed by atoms with Gasteiger partial charge in [-0.3, -0.25) is 4.99 Å². The molecule has 1 aromatic rings. The van der Waals surface area contributed by atoms with Gasteiger partial charge in [-0.05, 0) is 25.8 Å². The average Bonchev–Trinajstić information content (AvgIpc) is 3.02. The molecule has 7 heteroatoms. The van der Waals surface area contributed by atoms with Crippen molar-refractivity contribution in [3.8, 4) is 0 Å². The van der Waals surface area contributed by atoms with E-state index >= 15 is 0 Å². The predicted octanol–water partition coefficient (Wildman–Crippen LogP) is 3.60. The highest BCUT2D eigenvalue weighted by Gasteiger charge is 2.20. The summed E-state index contributed by atoms with van der Waals surface area (Å²) < 4.78 is 0. The van der Waals surface area contributed by atoms with E-state index in [0.717, 1.165) is 23.2 Å². The number of aliphatic imine (C=N–C) groups is 1. The summed E-state index contributed by atoms with van der Waals surface area (Å²) in [5.74, 6) is 0.886. The molecule has 2 rings (SSSR count). The van der Waals surface area contributed by atoms with Crippen LogP contribution in [0.2, 0.25) is 0 Å². The lowest BCUT2D eigenvalue weighted by Crippen LogP contribution is -2.48. The first-order valence-electron chi connectivity index (χ1n) is 9.06. The molecular weight excluding hydrogens is 445 g/mol. The first kappa shape index (κ1) is 22.6. The van der Waals surface area contributed by atoms with Crippen molar-refractivity contribution in [2.45, 2.75) is 65.0 Å². The van der Waals surface area contributed by atoms with Gasteiger partial charge in [0.05, 0.1) is 12.2 Å². The number of hydrogen-bond donors (Lipinski definition) is 2. The molecule has 2 heterocycles. The Balaban J connectivity index is 0.00000312. The minimum absolute atomic E-state index is 0. The molecule has 0 spiro atoms. The van der Waals surface area contributed by atoms with Crippen LogP contribution in [0.15, 0.2) is 10.4 Å². The number of aromatic nitrogens is 1. The SMILES string of the molecule is CCCN1CCC(NC(=NC)NCc2nc(C(C)(C)C)cs2)CC1.I. The van der Waals surface area contributed by atoms with Crippen molar-refractivity contribution in [2.24, 2.45) is 4.99 Å². The minimum Gasteiger partial charge on any atom is -0.354 e. The van der Waals surface area contributed by atoms with Gasteiger partial charge in [0.25, 0.3) is 0 Å². The Morgan fingerprint density at radius 3 is 2.56 bits per heavy atom. The second-order valence-electron chi connectivity index (χ2n) is 7.56. The second kappa shape index (κ2) is 10.7. The van der Waals surface area contributed by atoms with Crippen LogP contribution in [0.25, 0.3) is 0 Å². The molecule has 25 heavy (non-hydrogen) atoms. The third-order valence-electron chi connectivity index (χ3n) is 4.42. The molecule has 144 valence electrons. The van der Waals surface area contributed by atoms with E-state index in [-0.39, 0.29) is 29.4 Å². The van der Waals surface area contributed by atoms with Crippen molar-refractivity contribution in [1.82, 2.24) is 20.5 Å². The van der Waals surface area contributed by atoms with Crippen LogP contribution in [-0.4, -0.2) is 48.6 Å². The number of rotatable bonds is 5. The first-order valence-corrected chi connectivity index (χ1v) is 9.94. The third-order valence-corrected chi connectivity index (χ3v) is 5.27. The van der Waals surface area contributed by atoms with Gasteiger partial charge >= 0.3 is 0 Å². The molecule has 1 aliphatic rings. The van der Waals surface area contributed by atoms with Gasteiger partial charge < -0.3 is 15.5 Å². The maximum absolute atomic E-state index is 4.73. The molecule has 0 saturated carbocycles. The van der Waals surface area contributed by atoms with Gasteiger partial charge in [0.2, 0.25) is 0 Å². The molecule has 0 aliphatic carbocycles. The first-order chi connectivity index (χ1) is 11.4. The zero-order valence-corrected chi connectivity index (χ0v) is 19.4. The van der Waals surface area contributed by atoms with Gasteiger partial charge in [-0.1, -0.05) is 27.7 Å². The van der Waals surface area contributed by atoms with E-state index in [2.05, 4.69) is 53.6 Å². The van der Waals surface area contributed by atoms with Crippen LogP contribution in [0.1, 0.15) is 57.7 Å². The minimum atomic E-state index is 0. The number of nitrogens with one attached hydrogen (secondary N) is 2. The van der Waals surface area contributed by atoms with Crippen LogP contribution < -0.4 is 10.6 Å². The van der Waals surface area contributed by atoms with E-state index in [0.29, 0.717) is 6.04 Å². The number of hydrogen-bond acceptors (Lipinski definition) is 4. The lowest BCUT2D eigenvalue weighted by molar-refractivity contribution is 0.206. The average molecular weight is 479 g/mol. The van der Waals surface area contributed by atoms with E-state index in [9.17, 15) is 0 Å². The van der Waals surface area contributed by atoms with Gasteiger partial charge in [-0.2, -0.15) is 0 Å². The van der Waals surface area contributed by atoms with Crippen molar-refractivity contribution >= 4 is 41.3 Å². The molecule has 0 unspecified atom stereocenters. The van der Waals surface area contributed by atoms with Crippen molar-refractivity contribution < 1.29 is 0 Å². The summed E-state index contributed by atoms with van der Waals surface area (Å²) in [5, 5.41) is 10.2. The van der Waals surface area contributed by atoms with Crippen molar-refractivity contribution in [1.29, 1.82) is 0 Å². The highest BCUT2D eigenvalue weighted by atomic mass is 127. The van der Waals surface area contributed by atoms with Gasteiger partial charge in [-0.25, -0.2) is 4.98 Å². The standard InChI is InChI=1S/C18H33N5S.HI/c1-6-9-23-10-7-14(8-11-23)21-17(19-5)20-12-16-22-15(13-24-16)18(2,3)4;/h13-14H,6-12H2,1-5H3,(H2,19,20,21);1H. The number of piperidine rings is 1. The Bertz CT molecular complexity index is 530. The Morgan fingerprint density at radius 2 is 2.04 bits per heavy atom. The molecule has 0 aromatic carbocycles. The van der Waals surface area contributed by atoms with E-state index in [1.54, 1.807) is 11.3 Å². The fourth-order valence-corrected chi connectivity index (χ4v) is 3.86. The lowest BCUT2D eigenvalue weighted by atomic mass is 9.93. The molecular formula is C18H34IN5S. The van der Waals surface area contributed by atoms with E-state index in [4.69, 9.17) is 4.98 Å². The van der Waals surface area contributed by atoms with E-state index in [1.165, 1.54) is 38.9 Å². The smallest absolute Gasteiger partial charge is 0.191 e. The summed E-state index contributed by atoms with van der Waals surface area (Å²) in [7, 11) is 1.84. The highest BCUT2D eigenvalue weighted by molar-refractivity contribution is 14.0. The normalized spacial score (nSPS) is 17.2. The third kappa shape index (κ3) is 7.38. The van der Waals surface area contributed by atoms with Crippen molar-refractivity contribution in [2.75, 3.05) is 26.7 Å². The number of nitrogens with zero attached hydrogens (tertiary/aromatic N) is 3. The van der Waals surface area contributed by atoms with Crippen LogP contribution >= 0.6 is 35.3 Å². The molecule has 0 amide bonds. The number of likely N-dealkylation sites (tertiary alicyclic amines) is 1. The number of thiazole rings is 1. The van der Waals surface area contributed by atoms with Crippen LogP contribution in [0.3, 0.4) is 0 Å². The number of halogens is 1. The predicted molar refractivity (Wildman–Crippen MR) is 119 cm³/mol. The van der Waals surface area contributed by atoms with Crippen LogP contribution in [0.4, 0.5) is 0 Å². The van der Waals surface area contributed by atoms with E-state index in [1.807, 2.05) is 7.05 Å². The summed E-state index contributed by atoms with van der Waals surface area (Å²) in [4.78, 5) is 11.7. The fourth-order valence-electron chi connectivity index (χ4n) is 2.90. The van der Waals surface area contributed by atoms with Gasteiger partial charge in [0.15, 0.2) is 5.96 Å². The summed E-state index contributed by atoms with van der Waals surface area (Å²) in [5.41, 5.74) is 1.27. The summed E-state index contributed by atoms with van der Waals surface area (Å²) in [6, 6.07) is 0.519. The molecule has 0 atom stereocenters. The molecule has 0 bridgehead atoms. The van der Waals surface area contributed by atoms with Crippen LogP contribution in [0, 0.1) is 0 Å². The zero-order valence-electron chi connectivity index (χ0n) is 16.3. The molecule has 1 saturated heterocycles. The topological polar surface area (TPSA) is 52.5 Å². The van der Waals surface area contributed by atoms with Gasteiger partial charge in [0.1, 0.15) is 5.01 Å². The van der Waals surface area contributed by atoms with Crippen LogP contribution in [-0.2, 0) is 12.0 Å². The molecule has 0 radical (unpaired) electrons. The van der Waals surface area contributed by atoms with Gasteiger partial charge in [-0.15, -0.1) is 35.3 Å². The fraction of sp³-hybridized carbons (Fsp3) is 0.778. The highest BCUT2D eigenvalue weighted by Crippen LogP contribution is 2.23. The Morgan fingerprint density at radius 1 is 1.36 bits per heavy atom. The molecule has 2 N–H and O–H groups in total. The Labute approximate surface area is 174 Å². The summed E-state index contributed by atoms with van der Waals surface area (Å²) >= 11 is 1.72. The number of guanidine groups is 1. The summed E-state index contributed by atoms with van der Waals surface area (Å²) in [6.45, 7) is 13.2. The van der Waals surface area contributed by atoms with Crippen molar-refractivity contribution in [3.05, 3.63) is 16.1 Å². The maximum atomic E-state index is 4.73. The van der Waals surface area contributed by atoms with Gasteiger partial charge in [0, 0.05) is 37.0 Å². The van der Waals surface area contributed by atoms with E-state index < -0.39 is 0 Å². The zero-order chi connectivity index (χ0) is 17.6. The molecule has 1 fully saturated rings. The molecule has 5 nitrogen and oxygen atoms in total. The molecule has 1 aromatic heterocycles. The lowest BCUT2D eigenvalue weighted by Gasteiger charge is -2.32. The monoisotopic (exact) mass is 479 g/mol. The summed E-state index contributed by atoms with van der Waals surface area (Å²) in [6.07, 6.45) is 3.62. The Hall–Kier alpha value is -0.410.